The van der Waals surface area contributed by atoms with Crippen LogP contribution in [0, 0.1) is 0 Å². The van der Waals surface area contributed by atoms with Gasteiger partial charge < -0.3 is 10.4 Å². The Morgan fingerprint density at radius 3 is 2.77 bits per heavy atom. The van der Waals surface area contributed by atoms with E-state index in [0.717, 1.165) is 5.56 Å². The maximum absolute atomic E-state index is 9.80. The van der Waals surface area contributed by atoms with Gasteiger partial charge in [-0.1, -0.05) is 23.4 Å². The van der Waals surface area contributed by atoms with Gasteiger partial charge in [-0.15, -0.1) is 5.10 Å². The van der Waals surface area contributed by atoms with Crippen LogP contribution in [0.4, 0.5) is 5.82 Å². The molecule has 7 nitrogen and oxygen atoms in total. The van der Waals surface area contributed by atoms with Crippen molar-refractivity contribution < 1.29 is 5.11 Å². The van der Waals surface area contributed by atoms with Gasteiger partial charge >= 0.3 is 0 Å². The Kier molecular flexibility index (Phi) is 3.81. The largest absolute Gasteiger partial charge is 0.508 e. The van der Waals surface area contributed by atoms with Crippen molar-refractivity contribution >= 4 is 28.6 Å². The van der Waals surface area contributed by atoms with E-state index in [1.165, 1.54) is 0 Å². The van der Waals surface area contributed by atoms with E-state index in [9.17, 15) is 5.11 Å². The number of nitrogens with one attached hydrogen (secondary N) is 1. The van der Waals surface area contributed by atoms with Gasteiger partial charge in [-0.25, -0.2) is 4.68 Å². The molecule has 0 spiro atoms. The van der Waals surface area contributed by atoms with E-state index in [2.05, 4.69) is 25.6 Å². The van der Waals surface area contributed by atoms with Crippen LogP contribution in [-0.2, 0) is 6.54 Å². The van der Waals surface area contributed by atoms with Gasteiger partial charge in [0.1, 0.15) is 5.75 Å². The van der Waals surface area contributed by atoms with Crippen LogP contribution in [0.15, 0.2) is 24.3 Å². The number of halogens is 1. The van der Waals surface area contributed by atoms with Crippen molar-refractivity contribution in [2.45, 2.75) is 26.4 Å². The number of nitrogens with zero attached hydrogens (tertiary/aromatic N) is 5. The fourth-order valence-electron chi connectivity index (χ4n) is 2.11. The summed E-state index contributed by atoms with van der Waals surface area (Å²) in [7, 11) is 0. The molecule has 0 bridgehead atoms. The Bertz CT molecular complexity index is 816. The highest BCUT2D eigenvalue weighted by molar-refractivity contribution is 6.28. The van der Waals surface area contributed by atoms with E-state index in [1.54, 1.807) is 16.8 Å². The Balaban J connectivity index is 1.95. The van der Waals surface area contributed by atoms with Gasteiger partial charge in [0.05, 0.1) is 6.04 Å². The Morgan fingerprint density at radius 2 is 2.05 bits per heavy atom. The molecular weight excluding hydrogens is 304 g/mol. The summed E-state index contributed by atoms with van der Waals surface area (Å²) in [5.74, 6) is 0.711. The minimum absolute atomic E-state index is 0.113. The average Bonchev–Trinajstić information content (AvgIpc) is 2.90. The number of anilines is 1. The third-order valence-electron chi connectivity index (χ3n) is 3.22. The zero-order chi connectivity index (χ0) is 15.7. The summed E-state index contributed by atoms with van der Waals surface area (Å²) in [5, 5.41) is 21.3. The molecule has 0 saturated heterocycles. The van der Waals surface area contributed by atoms with Crippen LogP contribution in [0.3, 0.4) is 0 Å². The van der Waals surface area contributed by atoms with Crippen LogP contribution in [0.1, 0.15) is 25.5 Å². The molecule has 0 amide bonds. The number of phenols is 1. The fraction of sp³-hybridized carbons (Fsp3) is 0.286. The number of aromatic nitrogens is 5. The van der Waals surface area contributed by atoms with Crippen molar-refractivity contribution in [2.75, 3.05) is 5.32 Å². The molecule has 114 valence electrons. The van der Waals surface area contributed by atoms with Crippen molar-refractivity contribution in [2.24, 2.45) is 0 Å². The predicted octanol–water partition coefficient (Wildman–Crippen LogP) is 2.77. The fourth-order valence-corrected chi connectivity index (χ4v) is 2.28. The zero-order valence-corrected chi connectivity index (χ0v) is 12.9. The molecule has 1 aromatic carbocycles. The molecule has 0 aliphatic rings. The molecule has 0 aliphatic carbocycles. The first-order valence-electron chi connectivity index (χ1n) is 6.85. The Hall–Kier alpha value is -2.41. The van der Waals surface area contributed by atoms with Gasteiger partial charge in [0.2, 0.25) is 5.28 Å². The summed E-state index contributed by atoms with van der Waals surface area (Å²) in [4.78, 5) is 8.36. The molecule has 0 unspecified atom stereocenters. The van der Waals surface area contributed by atoms with Crippen LogP contribution in [0.5, 0.6) is 5.75 Å². The summed E-state index contributed by atoms with van der Waals surface area (Å²) in [5.41, 5.74) is 1.88. The number of phenolic OH excluding ortho intramolecular Hbond substituents is 1. The standard InChI is InChI=1S/C14H15ClN6O/c1-8(2)21-13-11(19-20-21)12(17-14(15)18-13)16-7-9-5-3-4-6-10(9)22/h3-6,8,22H,7H2,1-2H3,(H,16,17,18). The highest BCUT2D eigenvalue weighted by Crippen LogP contribution is 2.23. The normalized spacial score (nSPS) is 11.3. The van der Waals surface area contributed by atoms with Gasteiger partial charge in [-0.2, -0.15) is 9.97 Å². The van der Waals surface area contributed by atoms with E-state index in [1.807, 2.05) is 26.0 Å². The van der Waals surface area contributed by atoms with Crippen molar-refractivity contribution in [1.82, 2.24) is 25.0 Å². The topological polar surface area (TPSA) is 88.8 Å². The molecule has 3 rings (SSSR count). The summed E-state index contributed by atoms with van der Waals surface area (Å²) in [6.45, 7) is 4.36. The maximum Gasteiger partial charge on any atom is 0.226 e. The Morgan fingerprint density at radius 1 is 1.27 bits per heavy atom. The molecule has 8 heteroatoms. The van der Waals surface area contributed by atoms with E-state index < -0.39 is 0 Å². The molecular formula is C14H15ClN6O. The second-order valence-electron chi connectivity index (χ2n) is 5.12. The van der Waals surface area contributed by atoms with Crippen molar-refractivity contribution in [3.63, 3.8) is 0 Å². The number of rotatable bonds is 4. The smallest absolute Gasteiger partial charge is 0.226 e. The minimum atomic E-state index is 0.113. The first-order valence-corrected chi connectivity index (χ1v) is 7.23. The lowest BCUT2D eigenvalue weighted by atomic mass is 10.2. The summed E-state index contributed by atoms with van der Waals surface area (Å²) in [6.07, 6.45) is 0. The average molecular weight is 319 g/mol. The Labute approximate surface area is 132 Å². The minimum Gasteiger partial charge on any atom is -0.508 e. The predicted molar refractivity (Wildman–Crippen MR) is 83.9 cm³/mol. The quantitative estimate of drug-likeness (QED) is 0.719. The van der Waals surface area contributed by atoms with E-state index in [-0.39, 0.29) is 17.1 Å². The van der Waals surface area contributed by atoms with Gasteiger partial charge in [0.25, 0.3) is 0 Å². The van der Waals surface area contributed by atoms with Crippen LogP contribution in [0.25, 0.3) is 11.2 Å². The number of benzene rings is 1. The van der Waals surface area contributed by atoms with Gasteiger partial charge in [-0.05, 0) is 31.5 Å². The molecule has 0 fully saturated rings. The molecule has 0 aliphatic heterocycles. The monoisotopic (exact) mass is 318 g/mol. The van der Waals surface area contributed by atoms with Crippen LogP contribution in [-0.4, -0.2) is 30.1 Å². The second-order valence-corrected chi connectivity index (χ2v) is 5.46. The van der Waals surface area contributed by atoms with Crippen LogP contribution >= 0.6 is 11.6 Å². The summed E-state index contributed by atoms with van der Waals surface area (Å²) < 4.78 is 1.69. The summed E-state index contributed by atoms with van der Waals surface area (Å²) in [6, 6.07) is 7.20. The van der Waals surface area contributed by atoms with E-state index >= 15 is 0 Å². The van der Waals surface area contributed by atoms with Gasteiger partial charge in [0, 0.05) is 12.1 Å². The number of para-hydroxylation sites is 1. The molecule has 2 heterocycles. The number of fused-ring (bicyclic) bond motifs is 1. The number of hydrogen-bond donors (Lipinski definition) is 2. The highest BCUT2D eigenvalue weighted by Gasteiger charge is 2.15. The van der Waals surface area contributed by atoms with Crippen LogP contribution < -0.4 is 5.32 Å². The van der Waals surface area contributed by atoms with E-state index in [0.29, 0.717) is 23.5 Å². The lowest BCUT2D eigenvalue weighted by Gasteiger charge is -2.09. The summed E-state index contributed by atoms with van der Waals surface area (Å²) >= 11 is 5.99. The van der Waals surface area contributed by atoms with Crippen molar-refractivity contribution in [3.8, 4) is 5.75 Å². The third kappa shape index (κ3) is 2.67. The molecule has 0 saturated carbocycles. The molecule has 0 radical (unpaired) electrons. The highest BCUT2D eigenvalue weighted by atomic mass is 35.5. The lowest BCUT2D eigenvalue weighted by molar-refractivity contribution is 0.469. The SMILES string of the molecule is CC(C)n1nnc2c(NCc3ccccc3O)nc(Cl)nc21. The zero-order valence-electron chi connectivity index (χ0n) is 12.2. The van der Waals surface area contributed by atoms with Crippen molar-refractivity contribution in [3.05, 3.63) is 35.1 Å². The van der Waals surface area contributed by atoms with Gasteiger partial charge in [0.15, 0.2) is 17.0 Å². The second kappa shape index (κ2) is 5.76. The van der Waals surface area contributed by atoms with E-state index in [4.69, 9.17) is 11.6 Å². The number of hydrogen-bond acceptors (Lipinski definition) is 6. The number of aromatic hydroxyl groups is 1. The third-order valence-corrected chi connectivity index (χ3v) is 3.39. The van der Waals surface area contributed by atoms with Crippen LogP contribution in [0.2, 0.25) is 5.28 Å². The van der Waals surface area contributed by atoms with Crippen molar-refractivity contribution in [1.29, 1.82) is 0 Å². The first kappa shape index (κ1) is 14.5. The molecule has 2 aromatic heterocycles. The molecule has 2 N–H and O–H groups in total. The molecule has 22 heavy (non-hydrogen) atoms. The molecule has 0 atom stereocenters. The van der Waals surface area contributed by atoms with Gasteiger partial charge in [-0.3, -0.25) is 0 Å². The molecule has 3 aromatic rings. The lowest BCUT2D eigenvalue weighted by Crippen LogP contribution is -2.06. The first-order chi connectivity index (χ1) is 10.6. The maximum atomic E-state index is 9.80.